The van der Waals surface area contributed by atoms with Gasteiger partial charge in [-0.2, -0.15) is 0 Å². The van der Waals surface area contributed by atoms with Gasteiger partial charge in [-0.15, -0.1) is 0 Å². The first kappa shape index (κ1) is 16.8. The number of phenolic OH excluding ortho intramolecular Hbond substituents is 1. The van der Waals surface area contributed by atoms with Crippen LogP contribution in [0.5, 0.6) is 5.75 Å². The molecule has 3 aromatic rings. The maximum atomic E-state index is 13.0. The van der Waals surface area contributed by atoms with E-state index in [1.54, 1.807) is 12.1 Å². The molecule has 3 nitrogen and oxygen atoms in total. The summed E-state index contributed by atoms with van der Waals surface area (Å²) in [6.45, 7) is 1.89. The molecule has 0 saturated carbocycles. The number of hydrogen-bond donors (Lipinski definition) is 1. The smallest absolute Gasteiger partial charge is 0.310 e. The molecule has 28 heavy (non-hydrogen) atoms. The van der Waals surface area contributed by atoms with Crippen LogP contribution in [0.4, 0.5) is 0 Å². The number of phenols is 1. The van der Waals surface area contributed by atoms with Crippen molar-refractivity contribution >= 4 is 18.1 Å². The lowest BCUT2D eigenvalue weighted by molar-refractivity contribution is -0.148. The van der Waals surface area contributed by atoms with Gasteiger partial charge in [0, 0.05) is 22.6 Å². The van der Waals surface area contributed by atoms with E-state index >= 15 is 0 Å². The van der Waals surface area contributed by atoms with Gasteiger partial charge in [0.25, 0.3) is 0 Å². The van der Waals surface area contributed by atoms with E-state index in [0.717, 1.165) is 27.8 Å². The Hall–Kier alpha value is -3.33. The molecule has 0 unspecified atom stereocenters. The van der Waals surface area contributed by atoms with Crippen LogP contribution in [-0.4, -0.2) is 11.1 Å². The van der Waals surface area contributed by atoms with E-state index in [-0.39, 0.29) is 17.6 Å². The van der Waals surface area contributed by atoms with Crippen LogP contribution in [0, 0.1) is 5.92 Å². The SMILES string of the molecule is C[C@@H]1C(=O)OC2(c3ccccc3C=Cc3ccccc32)[C@H]1c1ccccc1O. The molecule has 0 amide bonds. The predicted octanol–water partition coefficient (Wildman–Crippen LogP) is 5.10. The minimum atomic E-state index is -0.994. The van der Waals surface area contributed by atoms with Gasteiger partial charge in [-0.05, 0) is 17.2 Å². The molecule has 1 fully saturated rings. The molecule has 1 heterocycles. The van der Waals surface area contributed by atoms with Gasteiger partial charge >= 0.3 is 5.97 Å². The summed E-state index contributed by atoms with van der Waals surface area (Å²) in [7, 11) is 0. The first-order valence-corrected chi connectivity index (χ1v) is 9.51. The molecule has 3 aromatic carbocycles. The van der Waals surface area contributed by atoms with E-state index in [1.807, 2.05) is 67.6 Å². The fraction of sp³-hybridized carbons (Fsp3) is 0.160. The summed E-state index contributed by atoms with van der Waals surface area (Å²) in [5, 5.41) is 10.7. The number of ether oxygens (including phenoxy) is 1. The van der Waals surface area contributed by atoms with Crippen LogP contribution < -0.4 is 0 Å². The molecular formula is C25H20O3. The molecule has 1 spiro atoms. The molecule has 2 atom stereocenters. The van der Waals surface area contributed by atoms with Crippen molar-refractivity contribution < 1.29 is 14.6 Å². The summed E-state index contributed by atoms with van der Waals surface area (Å²) in [4.78, 5) is 13.0. The quantitative estimate of drug-likeness (QED) is 0.608. The molecule has 1 aliphatic carbocycles. The average molecular weight is 368 g/mol. The van der Waals surface area contributed by atoms with Crippen LogP contribution in [0.25, 0.3) is 12.2 Å². The lowest BCUT2D eigenvalue weighted by Crippen LogP contribution is -2.35. The number of fused-ring (bicyclic) bond motifs is 4. The molecule has 1 N–H and O–H groups in total. The molecule has 1 saturated heterocycles. The molecule has 0 radical (unpaired) electrons. The highest BCUT2D eigenvalue weighted by Crippen LogP contribution is 2.58. The third-order valence-electron chi connectivity index (χ3n) is 6.01. The van der Waals surface area contributed by atoms with Crippen molar-refractivity contribution in [2.75, 3.05) is 0 Å². The van der Waals surface area contributed by atoms with Gasteiger partial charge in [0.15, 0.2) is 5.60 Å². The van der Waals surface area contributed by atoms with Gasteiger partial charge in [-0.3, -0.25) is 4.79 Å². The Morgan fingerprint density at radius 2 is 1.36 bits per heavy atom. The van der Waals surface area contributed by atoms with E-state index in [1.165, 1.54) is 0 Å². The topological polar surface area (TPSA) is 46.5 Å². The molecule has 138 valence electrons. The van der Waals surface area contributed by atoms with Crippen LogP contribution in [0.3, 0.4) is 0 Å². The van der Waals surface area contributed by atoms with E-state index in [2.05, 4.69) is 12.2 Å². The van der Waals surface area contributed by atoms with Gasteiger partial charge < -0.3 is 9.84 Å². The van der Waals surface area contributed by atoms with Gasteiger partial charge in [-0.25, -0.2) is 0 Å². The third-order valence-corrected chi connectivity index (χ3v) is 6.01. The second kappa shape index (κ2) is 6.10. The molecule has 5 rings (SSSR count). The number of rotatable bonds is 1. The highest BCUT2D eigenvalue weighted by molar-refractivity contribution is 5.84. The van der Waals surface area contributed by atoms with Gasteiger partial charge in [0.05, 0.1) is 5.92 Å². The van der Waals surface area contributed by atoms with Gasteiger partial charge in [-0.1, -0.05) is 85.8 Å². The zero-order valence-corrected chi connectivity index (χ0v) is 15.5. The van der Waals surface area contributed by atoms with Crippen molar-refractivity contribution in [1.29, 1.82) is 0 Å². The summed E-state index contributed by atoms with van der Waals surface area (Å²) in [5.74, 6) is -0.806. The first-order valence-electron chi connectivity index (χ1n) is 9.51. The number of esters is 1. The summed E-state index contributed by atoms with van der Waals surface area (Å²) in [6.07, 6.45) is 4.14. The third kappa shape index (κ3) is 2.19. The maximum absolute atomic E-state index is 13.0. The lowest BCUT2D eigenvalue weighted by atomic mass is 9.68. The van der Waals surface area contributed by atoms with E-state index < -0.39 is 11.5 Å². The minimum Gasteiger partial charge on any atom is -0.508 e. The van der Waals surface area contributed by atoms with Gasteiger partial charge in [0.1, 0.15) is 5.75 Å². The van der Waals surface area contributed by atoms with Crippen molar-refractivity contribution in [2.24, 2.45) is 5.92 Å². The zero-order chi connectivity index (χ0) is 19.3. The van der Waals surface area contributed by atoms with Crippen LogP contribution in [0.2, 0.25) is 0 Å². The summed E-state index contributed by atoms with van der Waals surface area (Å²) >= 11 is 0. The predicted molar refractivity (Wildman–Crippen MR) is 109 cm³/mol. The number of para-hydroxylation sites is 1. The van der Waals surface area contributed by atoms with Crippen LogP contribution in [0.15, 0.2) is 72.8 Å². The first-order chi connectivity index (χ1) is 13.6. The molecular weight excluding hydrogens is 348 g/mol. The Morgan fingerprint density at radius 3 is 1.96 bits per heavy atom. The Morgan fingerprint density at radius 1 is 0.821 bits per heavy atom. The van der Waals surface area contributed by atoms with Crippen LogP contribution in [-0.2, 0) is 15.1 Å². The molecule has 2 aliphatic rings. The van der Waals surface area contributed by atoms with E-state index in [0.29, 0.717) is 0 Å². The maximum Gasteiger partial charge on any atom is 0.310 e. The van der Waals surface area contributed by atoms with Crippen molar-refractivity contribution in [3.8, 4) is 5.75 Å². The normalized spacial score (nSPS) is 21.7. The standard InChI is InChI=1S/C25H20O3/c1-16-23(19-10-4-7-13-22(19)26)25(28-24(16)27)20-11-5-2-8-17(20)14-15-18-9-3-6-12-21(18)25/h2-16,23,26H,1H3/t16-,23+/m0/s1. The largest absolute Gasteiger partial charge is 0.508 e. The van der Waals surface area contributed by atoms with Crippen molar-refractivity contribution in [3.05, 3.63) is 101 Å². The highest BCUT2D eigenvalue weighted by Gasteiger charge is 2.58. The Balaban J connectivity index is 1.90. The number of carbonyl (C=O) groups is 1. The van der Waals surface area contributed by atoms with Gasteiger partial charge in [0.2, 0.25) is 0 Å². The zero-order valence-electron chi connectivity index (χ0n) is 15.5. The van der Waals surface area contributed by atoms with E-state index in [9.17, 15) is 9.90 Å². The number of carbonyl (C=O) groups excluding carboxylic acids is 1. The number of aromatic hydroxyl groups is 1. The number of benzene rings is 3. The monoisotopic (exact) mass is 368 g/mol. The minimum absolute atomic E-state index is 0.184. The molecule has 1 aliphatic heterocycles. The average Bonchev–Trinajstić information content (AvgIpc) is 2.90. The fourth-order valence-electron chi connectivity index (χ4n) is 4.77. The summed E-state index contributed by atoms with van der Waals surface area (Å²) in [6, 6.07) is 23.3. The second-order valence-electron chi connectivity index (χ2n) is 7.49. The van der Waals surface area contributed by atoms with Crippen molar-refractivity contribution in [3.63, 3.8) is 0 Å². The summed E-state index contributed by atoms with van der Waals surface area (Å²) in [5.41, 5.74) is 3.66. The Bertz CT molecular complexity index is 1060. The van der Waals surface area contributed by atoms with Crippen LogP contribution in [0.1, 0.15) is 40.7 Å². The molecule has 0 aromatic heterocycles. The molecule has 3 heteroatoms. The Labute approximate surface area is 163 Å². The Kier molecular flexibility index (Phi) is 3.66. The summed E-state index contributed by atoms with van der Waals surface area (Å²) < 4.78 is 6.27. The molecule has 0 bridgehead atoms. The van der Waals surface area contributed by atoms with Crippen LogP contribution >= 0.6 is 0 Å². The number of hydrogen-bond acceptors (Lipinski definition) is 3. The van der Waals surface area contributed by atoms with Crippen molar-refractivity contribution in [2.45, 2.75) is 18.4 Å². The van der Waals surface area contributed by atoms with E-state index in [4.69, 9.17) is 4.74 Å². The fourth-order valence-corrected chi connectivity index (χ4v) is 4.77. The lowest BCUT2D eigenvalue weighted by Gasteiger charge is -2.37. The van der Waals surface area contributed by atoms with Crippen molar-refractivity contribution in [1.82, 2.24) is 0 Å². The highest BCUT2D eigenvalue weighted by atomic mass is 16.6. The second-order valence-corrected chi connectivity index (χ2v) is 7.49.